The van der Waals surface area contributed by atoms with E-state index in [9.17, 15) is 19.2 Å². The topological polar surface area (TPSA) is 114 Å². The van der Waals surface area contributed by atoms with Gasteiger partial charge in [-0.1, -0.05) is 6.07 Å². The first-order chi connectivity index (χ1) is 17.5. The van der Waals surface area contributed by atoms with Crippen LogP contribution in [0.15, 0.2) is 23.0 Å². The van der Waals surface area contributed by atoms with Crippen LogP contribution in [0.2, 0.25) is 0 Å². The van der Waals surface area contributed by atoms with E-state index in [1.807, 2.05) is 45.9 Å². The van der Waals surface area contributed by atoms with Gasteiger partial charge < -0.3 is 9.64 Å². The third-order valence-electron chi connectivity index (χ3n) is 6.86. The van der Waals surface area contributed by atoms with Crippen LogP contribution in [-0.4, -0.2) is 70.8 Å². The molecule has 37 heavy (non-hydrogen) atoms. The number of carbonyl (C=O) groups is 3. The van der Waals surface area contributed by atoms with Gasteiger partial charge in [0.2, 0.25) is 5.91 Å². The molecule has 1 aromatic heterocycles. The summed E-state index contributed by atoms with van der Waals surface area (Å²) in [6.07, 6.45) is 2.65. The van der Waals surface area contributed by atoms with Crippen molar-refractivity contribution in [3.8, 4) is 0 Å². The van der Waals surface area contributed by atoms with Crippen LogP contribution < -0.4 is 15.8 Å². The Morgan fingerprint density at radius 1 is 1.08 bits per heavy atom. The highest BCUT2D eigenvalue weighted by molar-refractivity contribution is 5.99. The Morgan fingerprint density at radius 3 is 2.49 bits per heavy atom. The summed E-state index contributed by atoms with van der Waals surface area (Å²) in [5.74, 6) is -0.949. The molecule has 4 rings (SSSR count). The number of aryl methyl sites for hydroxylation is 1. The largest absolute Gasteiger partial charge is 0.460 e. The minimum Gasteiger partial charge on any atom is -0.460 e. The molecule has 0 saturated carbocycles. The molecular formula is C27H37N5O5. The second-order valence-corrected chi connectivity index (χ2v) is 10.9. The zero-order chi connectivity index (χ0) is 26.7. The van der Waals surface area contributed by atoms with Crippen LogP contribution >= 0.6 is 0 Å². The number of benzene rings is 1. The Bertz CT molecular complexity index is 1240. The fraction of sp³-hybridized carbons (Fsp3) is 0.593. The predicted molar refractivity (Wildman–Crippen MR) is 141 cm³/mol. The van der Waals surface area contributed by atoms with Crippen molar-refractivity contribution in [3.05, 3.63) is 34.2 Å². The fourth-order valence-corrected chi connectivity index (χ4v) is 4.96. The van der Waals surface area contributed by atoms with Gasteiger partial charge in [0.15, 0.2) is 0 Å². The molecule has 3 heterocycles. The van der Waals surface area contributed by atoms with Crippen LogP contribution in [0.4, 0.5) is 5.69 Å². The number of unbranched alkanes of at least 4 members (excludes halogenated alkanes) is 1. The summed E-state index contributed by atoms with van der Waals surface area (Å²) in [5, 5.41) is 8.00. The quantitative estimate of drug-likeness (QED) is 0.342. The van der Waals surface area contributed by atoms with E-state index in [1.54, 1.807) is 0 Å². The summed E-state index contributed by atoms with van der Waals surface area (Å²) < 4.78 is 6.60. The van der Waals surface area contributed by atoms with Crippen LogP contribution in [0.3, 0.4) is 0 Å². The van der Waals surface area contributed by atoms with E-state index in [4.69, 9.17) is 4.74 Å². The fourth-order valence-electron chi connectivity index (χ4n) is 4.96. The van der Waals surface area contributed by atoms with Crippen LogP contribution in [0, 0.1) is 6.92 Å². The lowest BCUT2D eigenvalue weighted by Gasteiger charge is -2.36. The summed E-state index contributed by atoms with van der Waals surface area (Å²) >= 11 is 0. The van der Waals surface area contributed by atoms with Crippen molar-refractivity contribution in [2.45, 2.75) is 71.4 Å². The molecule has 0 spiro atoms. The number of anilines is 1. The van der Waals surface area contributed by atoms with Crippen molar-refractivity contribution in [1.82, 2.24) is 20.0 Å². The van der Waals surface area contributed by atoms with Gasteiger partial charge in [-0.3, -0.25) is 29.4 Å². The second kappa shape index (κ2) is 11.0. The standard InChI is InChI=1S/C27H37N5O5/c1-18-20-9-8-19(17-21(20)26(36)32(29-18)22-10-11-23(33)28-25(22)35)31-15-13-30(14-16-31)12-6-5-7-24(34)37-27(2,3)4/h8-9,17,22H,5-7,10-16H2,1-4H3,(H,28,33,35). The van der Waals surface area contributed by atoms with Gasteiger partial charge in [-0.25, -0.2) is 4.68 Å². The number of hydrogen-bond acceptors (Lipinski definition) is 8. The zero-order valence-corrected chi connectivity index (χ0v) is 22.2. The van der Waals surface area contributed by atoms with E-state index in [1.165, 1.54) is 4.68 Å². The van der Waals surface area contributed by atoms with Crippen LogP contribution in [0.25, 0.3) is 10.8 Å². The van der Waals surface area contributed by atoms with E-state index in [0.29, 0.717) is 17.5 Å². The molecule has 2 aromatic rings. The lowest BCUT2D eigenvalue weighted by atomic mass is 10.1. The third-order valence-corrected chi connectivity index (χ3v) is 6.86. The normalized spacial score (nSPS) is 19.2. The maximum absolute atomic E-state index is 13.3. The first kappa shape index (κ1) is 26.8. The smallest absolute Gasteiger partial charge is 0.306 e. The number of piperazine rings is 1. The van der Waals surface area contributed by atoms with Gasteiger partial charge in [0, 0.05) is 50.1 Å². The Hall–Kier alpha value is -3.27. The van der Waals surface area contributed by atoms with Gasteiger partial charge in [0.25, 0.3) is 11.5 Å². The monoisotopic (exact) mass is 511 g/mol. The summed E-state index contributed by atoms with van der Waals surface area (Å²) in [6, 6.07) is 5.05. The minimum absolute atomic E-state index is 0.143. The number of ether oxygens (including phenoxy) is 1. The molecule has 0 bridgehead atoms. The van der Waals surface area contributed by atoms with E-state index >= 15 is 0 Å². The molecule has 2 fully saturated rings. The Kier molecular flexibility index (Phi) is 7.96. The second-order valence-electron chi connectivity index (χ2n) is 10.9. The highest BCUT2D eigenvalue weighted by Gasteiger charge is 2.30. The molecule has 10 nitrogen and oxygen atoms in total. The number of imide groups is 1. The highest BCUT2D eigenvalue weighted by Crippen LogP contribution is 2.24. The van der Waals surface area contributed by atoms with E-state index in [2.05, 4.69) is 20.2 Å². The first-order valence-electron chi connectivity index (χ1n) is 13.1. The van der Waals surface area contributed by atoms with Crippen molar-refractivity contribution in [2.75, 3.05) is 37.6 Å². The number of hydrogen-bond donors (Lipinski definition) is 1. The SMILES string of the molecule is Cc1nn(C2CCC(=O)NC2=O)c(=O)c2cc(N3CCN(CCCCC(=O)OC(C)(C)C)CC3)ccc12. The minimum atomic E-state index is -0.782. The molecule has 200 valence electrons. The number of piperidine rings is 1. The number of fused-ring (bicyclic) bond motifs is 1. The van der Waals surface area contributed by atoms with Gasteiger partial charge in [-0.15, -0.1) is 0 Å². The number of nitrogens with zero attached hydrogens (tertiary/aromatic N) is 4. The van der Waals surface area contributed by atoms with Crippen molar-refractivity contribution >= 4 is 34.2 Å². The van der Waals surface area contributed by atoms with Crippen molar-refractivity contribution in [1.29, 1.82) is 0 Å². The summed E-state index contributed by atoms with van der Waals surface area (Å²) in [4.78, 5) is 53.8. The molecule has 10 heteroatoms. The first-order valence-corrected chi connectivity index (χ1v) is 13.1. The van der Waals surface area contributed by atoms with Gasteiger partial charge in [0.05, 0.1) is 11.1 Å². The maximum atomic E-state index is 13.3. The molecular weight excluding hydrogens is 474 g/mol. The van der Waals surface area contributed by atoms with Gasteiger partial charge in [0.1, 0.15) is 11.6 Å². The molecule has 1 aromatic carbocycles. The summed E-state index contributed by atoms with van der Waals surface area (Å²) in [7, 11) is 0. The van der Waals surface area contributed by atoms with Crippen LogP contribution in [0.1, 0.15) is 64.6 Å². The van der Waals surface area contributed by atoms with E-state index in [0.717, 1.165) is 56.6 Å². The number of carbonyl (C=O) groups excluding carboxylic acids is 3. The lowest BCUT2D eigenvalue weighted by molar-refractivity contribution is -0.155. The summed E-state index contributed by atoms with van der Waals surface area (Å²) in [6.45, 7) is 11.9. The molecule has 2 aliphatic rings. The average molecular weight is 512 g/mol. The number of aromatic nitrogens is 2. The van der Waals surface area contributed by atoms with E-state index < -0.39 is 17.6 Å². The molecule has 1 N–H and O–H groups in total. The maximum Gasteiger partial charge on any atom is 0.306 e. The lowest BCUT2D eigenvalue weighted by Crippen LogP contribution is -2.46. The van der Waals surface area contributed by atoms with Gasteiger partial charge >= 0.3 is 5.97 Å². The molecule has 2 amide bonds. The third kappa shape index (κ3) is 6.54. The van der Waals surface area contributed by atoms with Crippen molar-refractivity contribution in [2.24, 2.45) is 0 Å². The Labute approximate surface area is 216 Å². The number of nitrogens with one attached hydrogen (secondary N) is 1. The summed E-state index contributed by atoms with van der Waals surface area (Å²) in [5.41, 5.74) is 0.876. The van der Waals surface area contributed by atoms with Gasteiger partial charge in [-0.05, 0) is 65.6 Å². The van der Waals surface area contributed by atoms with Crippen molar-refractivity contribution in [3.63, 3.8) is 0 Å². The van der Waals surface area contributed by atoms with Crippen LogP contribution in [0.5, 0.6) is 0 Å². The number of rotatable bonds is 7. The molecule has 1 atom stereocenters. The average Bonchev–Trinajstić information content (AvgIpc) is 2.83. The molecule has 2 aliphatic heterocycles. The Morgan fingerprint density at radius 2 is 1.81 bits per heavy atom. The number of esters is 1. The zero-order valence-electron chi connectivity index (χ0n) is 22.2. The predicted octanol–water partition coefficient (Wildman–Crippen LogP) is 2.32. The Balaban J connectivity index is 1.37. The molecule has 1 unspecified atom stereocenters. The van der Waals surface area contributed by atoms with Crippen molar-refractivity contribution < 1.29 is 19.1 Å². The molecule has 2 saturated heterocycles. The number of amides is 2. The molecule has 0 radical (unpaired) electrons. The van der Waals surface area contributed by atoms with Crippen LogP contribution in [-0.2, 0) is 19.1 Å². The molecule has 0 aliphatic carbocycles. The van der Waals surface area contributed by atoms with Gasteiger partial charge in [-0.2, -0.15) is 5.10 Å². The van der Waals surface area contributed by atoms with E-state index in [-0.39, 0.29) is 30.3 Å². The highest BCUT2D eigenvalue weighted by atomic mass is 16.6.